The van der Waals surface area contributed by atoms with Crippen LogP contribution >= 0.6 is 0 Å². The lowest BCUT2D eigenvalue weighted by Gasteiger charge is -2.01. The van der Waals surface area contributed by atoms with E-state index in [1.807, 2.05) is 0 Å². The average molecular weight is 190 g/mol. The van der Waals surface area contributed by atoms with Gasteiger partial charge < -0.3 is 10.2 Å². The third-order valence-corrected chi connectivity index (χ3v) is 1.97. The van der Waals surface area contributed by atoms with E-state index in [4.69, 9.17) is 0 Å². The molecular formula is C10H10N2O2. The number of rotatable bonds is 1. The third kappa shape index (κ3) is 1.42. The summed E-state index contributed by atoms with van der Waals surface area (Å²) in [5, 5.41) is 22.9. The van der Waals surface area contributed by atoms with Gasteiger partial charge in [-0.2, -0.15) is 5.10 Å². The monoisotopic (exact) mass is 190 g/mol. The van der Waals surface area contributed by atoms with Crippen LogP contribution in [-0.2, 0) is 7.05 Å². The van der Waals surface area contributed by atoms with E-state index in [9.17, 15) is 10.2 Å². The topological polar surface area (TPSA) is 58.3 Å². The highest BCUT2D eigenvalue weighted by Crippen LogP contribution is 2.30. The molecule has 0 spiro atoms. The van der Waals surface area contributed by atoms with Crippen molar-refractivity contribution in [3.8, 4) is 22.8 Å². The molecule has 0 amide bonds. The number of benzene rings is 1. The molecule has 2 N–H and O–H groups in total. The lowest BCUT2D eigenvalue weighted by molar-refractivity contribution is 0.461. The number of phenolic OH excluding ortho intramolecular Hbond substituents is 2. The van der Waals surface area contributed by atoms with Crippen molar-refractivity contribution in [3.63, 3.8) is 0 Å². The summed E-state index contributed by atoms with van der Waals surface area (Å²) in [6.45, 7) is 0. The van der Waals surface area contributed by atoms with Crippen molar-refractivity contribution in [3.05, 3.63) is 30.5 Å². The fourth-order valence-corrected chi connectivity index (χ4v) is 1.29. The summed E-state index contributed by atoms with van der Waals surface area (Å²) >= 11 is 0. The summed E-state index contributed by atoms with van der Waals surface area (Å²) in [6, 6.07) is 6.13. The second-order valence-corrected chi connectivity index (χ2v) is 3.08. The molecule has 4 nitrogen and oxygen atoms in total. The van der Waals surface area contributed by atoms with E-state index in [0.29, 0.717) is 11.3 Å². The first-order valence-corrected chi connectivity index (χ1v) is 4.19. The van der Waals surface area contributed by atoms with E-state index in [1.54, 1.807) is 24.0 Å². The van der Waals surface area contributed by atoms with E-state index in [0.717, 1.165) is 0 Å². The lowest BCUT2D eigenvalue weighted by atomic mass is 10.1. The molecule has 2 rings (SSSR count). The van der Waals surface area contributed by atoms with Gasteiger partial charge in [0, 0.05) is 18.8 Å². The molecule has 4 heteroatoms. The first kappa shape index (κ1) is 8.62. The van der Waals surface area contributed by atoms with E-state index in [1.165, 1.54) is 18.2 Å². The number of hydrogen-bond acceptors (Lipinski definition) is 3. The van der Waals surface area contributed by atoms with Gasteiger partial charge in [-0.25, -0.2) is 0 Å². The highest BCUT2D eigenvalue weighted by molar-refractivity contribution is 5.68. The van der Waals surface area contributed by atoms with Crippen molar-refractivity contribution < 1.29 is 10.2 Å². The average Bonchev–Trinajstić information content (AvgIpc) is 2.56. The highest BCUT2D eigenvalue weighted by Gasteiger charge is 2.07. The van der Waals surface area contributed by atoms with E-state index in [-0.39, 0.29) is 11.5 Å². The predicted molar refractivity (Wildman–Crippen MR) is 52.0 cm³/mol. The van der Waals surface area contributed by atoms with Crippen LogP contribution in [0.4, 0.5) is 0 Å². The first-order chi connectivity index (χ1) is 6.66. The van der Waals surface area contributed by atoms with Crippen molar-refractivity contribution >= 4 is 0 Å². The number of aromatic nitrogens is 2. The quantitative estimate of drug-likeness (QED) is 0.670. The molecule has 2 aromatic rings. The number of phenols is 2. The second-order valence-electron chi connectivity index (χ2n) is 3.08. The Bertz CT molecular complexity index is 463. The number of nitrogens with zero attached hydrogens (tertiary/aromatic N) is 2. The summed E-state index contributed by atoms with van der Waals surface area (Å²) in [5.74, 6) is 0.227. The maximum absolute atomic E-state index is 9.54. The number of hydrogen-bond donors (Lipinski definition) is 2. The molecule has 1 aromatic heterocycles. The Morgan fingerprint density at radius 2 is 2.00 bits per heavy atom. The zero-order valence-electron chi connectivity index (χ0n) is 7.68. The van der Waals surface area contributed by atoms with Crippen LogP contribution in [0.15, 0.2) is 30.5 Å². The summed E-state index contributed by atoms with van der Waals surface area (Å²) in [4.78, 5) is 0. The van der Waals surface area contributed by atoms with Crippen LogP contribution in [0.3, 0.4) is 0 Å². The van der Waals surface area contributed by atoms with Gasteiger partial charge in [-0.15, -0.1) is 0 Å². The Morgan fingerprint density at radius 1 is 1.21 bits per heavy atom. The van der Waals surface area contributed by atoms with Crippen LogP contribution in [0.25, 0.3) is 11.3 Å². The Balaban J connectivity index is 2.55. The molecule has 0 saturated heterocycles. The van der Waals surface area contributed by atoms with Crippen LogP contribution < -0.4 is 0 Å². The molecule has 0 bridgehead atoms. The molecule has 0 radical (unpaired) electrons. The Hall–Kier alpha value is -1.97. The zero-order valence-corrected chi connectivity index (χ0v) is 7.68. The van der Waals surface area contributed by atoms with Gasteiger partial charge in [0.25, 0.3) is 0 Å². The van der Waals surface area contributed by atoms with Crippen molar-refractivity contribution in [2.75, 3.05) is 0 Å². The van der Waals surface area contributed by atoms with Crippen molar-refractivity contribution in [1.82, 2.24) is 9.78 Å². The summed E-state index contributed by atoms with van der Waals surface area (Å²) in [5.41, 5.74) is 1.17. The maximum atomic E-state index is 9.54. The molecule has 72 valence electrons. The Morgan fingerprint density at radius 3 is 2.64 bits per heavy atom. The fraction of sp³-hybridized carbons (Fsp3) is 0.100. The molecule has 1 aromatic carbocycles. The molecular weight excluding hydrogens is 180 g/mol. The van der Waals surface area contributed by atoms with E-state index >= 15 is 0 Å². The predicted octanol–water partition coefficient (Wildman–Crippen LogP) is 1.50. The SMILES string of the molecule is Cn1ccc(-c2cc(O)ccc2O)n1. The third-order valence-electron chi connectivity index (χ3n) is 1.97. The highest BCUT2D eigenvalue weighted by atomic mass is 16.3. The molecule has 0 aliphatic rings. The molecule has 0 atom stereocenters. The molecule has 0 fully saturated rings. The second kappa shape index (κ2) is 3.06. The summed E-state index contributed by atoms with van der Waals surface area (Å²) < 4.78 is 1.64. The first-order valence-electron chi connectivity index (χ1n) is 4.19. The maximum Gasteiger partial charge on any atom is 0.125 e. The van der Waals surface area contributed by atoms with Crippen molar-refractivity contribution in [1.29, 1.82) is 0 Å². The summed E-state index contributed by atoms with van der Waals surface area (Å²) in [7, 11) is 1.79. The number of aryl methyl sites for hydroxylation is 1. The van der Waals surface area contributed by atoms with Crippen molar-refractivity contribution in [2.24, 2.45) is 7.05 Å². The standard InChI is InChI=1S/C10H10N2O2/c1-12-5-4-9(11-12)8-6-7(13)2-3-10(8)14/h2-6,13-14H,1H3. The molecule has 14 heavy (non-hydrogen) atoms. The van der Waals surface area contributed by atoms with Gasteiger partial charge in [0.05, 0.1) is 5.69 Å². The molecule has 0 saturated carbocycles. The van der Waals surface area contributed by atoms with Gasteiger partial charge in [0.15, 0.2) is 0 Å². The minimum Gasteiger partial charge on any atom is -0.508 e. The largest absolute Gasteiger partial charge is 0.508 e. The zero-order chi connectivity index (χ0) is 10.1. The minimum absolute atomic E-state index is 0.113. The normalized spacial score (nSPS) is 10.4. The van der Waals surface area contributed by atoms with Crippen LogP contribution in [0.5, 0.6) is 11.5 Å². The molecule has 0 aliphatic carbocycles. The van der Waals surface area contributed by atoms with Crippen LogP contribution in [0.2, 0.25) is 0 Å². The Kier molecular flexibility index (Phi) is 1.89. The summed E-state index contributed by atoms with van der Waals surface area (Å²) in [6.07, 6.45) is 1.78. The molecule has 1 heterocycles. The van der Waals surface area contributed by atoms with Crippen LogP contribution in [0, 0.1) is 0 Å². The van der Waals surface area contributed by atoms with Crippen molar-refractivity contribution in [2.45, 2.75) is 0 Å². The van der Waals surface area contributed by atoms with Gasteiger partial charge >= 0.3 is 0 Å². The molecule has 0 unspecified atom stereocenters. The van der Waals surface area contributed by atoms with Gasteiger partial charge in [-0.1, -0.05) is 0 Å². The minimum atomic E-state index is 0.113. The smallest absolute Gasteiger partial charge is 0.125 e. The lowest BCUT2D eigenvalue weighted by Crippen LogP contribution is -1.88. The van der Waals surface area contributed by atoms with Gasteiger partial charge in [-0.05, 0) is 24.3 Å². The van der Waals surface area contributed by atoms with Crippen LogP contribution in [0.1, 0.15) is 0 Å². The Labute approximate surface area is 81.0 Å². The number of aromatic hydroxyl groups is 2. The van der Waals surface area contributed by atoms with Crippen LogP contribution in [-0.4, -0.2) is 20.0 Å². The fourth-order valence-electron chi connectivity index (χ4n) is 1.29. The van der Waals surface area contributed by atoms with Gasteiger partial charge in [-0.3, -0.25) is 4.68 Å². The van der Waals surface area contributed by atoms with Gasteiger partial charge in [0.2, 0.25) is 0 Å². The van der Waals surface area contributed by atoms with E-state index in [2.05, 4.69) is 5.10 Å². The van der Waals surface area contributed by atoms with Gasteiger partial charge in [0.1, 0.15) is 11.5 Å². The molecule has 0 aliphatic heterocycles. The van der Waals surface area contributed by atoms with E-state index < -0.39 is 0 Å².